The van der Waals surface area contributed by atoms with Crippen LogP contribution in [0.3, 0.4) is 0 Å². The van der Waals surface area contributed by atoms with Crippen LogP contribution in [0.1, 0.15) is 52.6 Å². The number of nitrogens with zero attached hydrogens (tertiary/aromatic N) is 3. The molecule has 5 rings (SSSR count). The highest BCUT2D eigenvalue weighted by Gasteiger charge is 2.32. The number of fused-ring (bicyclic) bond motifs is 1. The molecule has 1 N–H and O–H groups in total. The molecule has 3 heterocycles. The Morgan fingerprint density at radius 3 is 2.76 bits per heavy atom. The van der Waals surface area contributed by atoms with Gasteiger partial charge in [0.1, 0.15) is 5.75 Å². The van der Waals surface area contributed by atoms with Crippen molar-refractivity contribution in [3.05, 3.63) is 77.1 Å². The third-order valence-electron chi connectivity index (χ3n) is 6.51. The number of aryl methyl sites for hydroxylation is 1. The summed E-state index contributed by atoms with van der Waals surface area (Å²) in [4.78, 5) is 29.8. The summed E-state index contributed by atoms with van der Waals surface area (Å²) in [6, 6.07) is 17.3. The molecule has 0 radical (unpaired) electrons. The molecule has 1 unspecified atom stereocenters. The molecule has 0 aliphatic carbocycles. The van der Waals surface area contributed by atoms with Gasteiger partial charge in [-0.3, -0.25) is 14.7 Å². The Morgan fingerprint density at radius 2 is 1.91 bits per heavy atom. The average Bonchev–Trinajstić information content (AvgIpc) is 3.51. The first-order valence-electron chi connectivity index (χ1n) is 11.5. The summed E-state index contributed by atoms with van der Waals surface area (Å²) in [5.41, 5.74) is 4.46. The molecule has 1 saturated heterocycles. The van der Waals surface area contributed by atoms with E-state index in [2.05, 4.69) is 16.3 Å². The zero-order valence-corrected chi connectivity index (χ0v) is 18.8. The predicted molar refractivity (Wildman–Crippen MR) is 125 cm³/mol. The van der Waals surface area contributed by atoms with Gasteiger partial charge in [0.05, 0.1) is 11.7 Å². The topological polar surface area (TPSA) is 78.5 Å². The molecule has 7 heteroatoms. The number of nitrogens with one attached hydrogen (secondary N) is 1. The number of hydrogen-bond donors (Lipinski definition) is 1. The molecule has 1 atom stereocenters. The number of anilines is 1. The van der Waals surface area contributed by atoms with E-state index in [0.29, 0.717) is 24.5 Å². The minimum absolute atomic E-state index is 0.00987. The van der Waals surface area contributed by atoms with Gasteiger partial charge in [-0.25, -0.2) is 0 Å². The number of likely N-dealkylation sites (tertiary alicyclic amines) is 1. The fourth-order valence-electron chi connectivity index (χ4n) is 4.72. The highest BCUT2D eigenvalue weighted by atomic mass is 16.5. The van der Waals surface area contributed by atoms with Crippen LogP contribution >= 0.6 is 0 Å². The first-order chi connectivity index (χ1) is 16.1. The smallest absolute Gasteiger partial charge is 0.278 e. The number of amides is 2. The molecule has 2 amide bonds. The Kier molecular flexibility index (Phi) is 5.86. The van der Waals surface area contributed by atoms with E-state index in [-0.39, 0.29) is 24.5 Å². The molecule has 2 aliphatic rings. The van der Waals surface area contributed by atoms with Crippen molar-refractivity contribution >= 4 is 17.5 Å². The van der Waals surface area contributed by atoms with Gasteiger partial charge in [-0.15, -0.1) is 0 Å². The van der Waals surface area contributed by atoms with Crippen molar-refractivity contribution < 1.29 is 14.3 Å². The van der Waals surface area contributed by atoms with E-state index in [1.807, 2.05) is 54.3 Å². The third kappa shape index (κ3) is 4.35. The number of carbonyl (C=O) groups excluding carboxylic acids is 2. The summed E-state index contributed by atoms with van der Waals surface area (Å²) in [6.45, 7) is 3.33. The van der Waals surface area contributed by atoms with Gasteiger partial charge in [0, 0.05) is 18.8 Å². The second-order valence-corrected chi connectivity index (χ2v) is 8.74. The van der Waals surface area contributed by atoms with Crippen LogP contribution in [0, 0.1) is 6.92 Å². The van der Waals surface area contributed by atoms with Crippen molar-refractivity contribution in [3.8, 4) is 5.75 Å². The number of H-pyrrole nitrogens is 1. The quantitative estimate of drug-likeness (QED) is 0.644. The normalized spacial score (nSPS) is 17.7. The van der Waals surface area contributed by atoms with E-state index in [4.69, 9.17) is 4.74 Å². The second kappa shape index (κ2) is 9.10. The van der Waals surface area contributed by atoms with Gasteiger partial charge in [0.2, 0.25) is 0 Å². The largest absolute Gasteiger partial charge is 0.484 e. The molecular weight excluding hydrogens is 416 g/mol. The molecule has 1 aromatic heterocycles. The molecule has 170 valence electrons. The van der Waals surface area contributed by atoms with Gasteiger partial charge in [0.25, 0.3) is 11.8 Å². The molecule has 2 aromatic carbocycles. The van der Waals surface area contributed by atoms with Crippen molar-refractivity contribution in [2.75, 3.05) is 24.6 Å². The fraction of sp³-hybridized carbons (Fsp3) is 0.346. The molecule has 2 aliphatic heterocycles. The molecule has 0 saturated carbocycles. The van der Waals surface area contributed by atoms with Gasteiger partial charge in [0.15, 0.2) is 12.3 Å². The number of aromatic nitrogens is 2. The van der Waals surface area contributed by atoms with Crippen LogP contribution in [0.2, 0.25) is 0 Å². The SMILES string of the molecule is Cc1ccc(OCC(=O)N2CCCCC2c2cc(C(=O)N3CCc4ccccc43)n[nH]2)cc1. The summed E-state index contributed by atoms with van der Waals surface area (Å²) in [5.74, 6) is 0.512. The van der Waals surface area contributed by atoms with Gasteiger partial charge in [-0.05, 0) is 62.4 Å². The number of hydrogen-bond acceptors (Lipinski definition) is 4. The van der Waals surface area contributed by atoms with Crippen LogP contribution in [0.25, 0.3) is 0 Å². The zero-order chi connectivity index (χ0) is 22.8. The number of para-hydroxylation sites is 1. The van der Waals surface area contributed by atoms with Crippen LogP contribution in [0.15, 0.2) is 54.6 Å². The second-order valence-electron chi connectivity index (χ2n) is 8.74. The van der Waals surface area contributed by atoms with Crippen molar-refractivity contribution in [2.45, 2.75) is 38.6 Å². The highest BCUT2D eigenvalue weighted by Crippen LogP contribution is 2.32. The molecular formula is C26H28N4O3. The van der Waals surface area contributed by atoms with Gasteiger partial charge < -0.3 is 14.5 Å². The van der Waals surface area contributed by atoms with E-state index in [0.717, 1.165) is 42.6 Å². The molecule has 3 aromatic rings. The van der Waals surface area contributed by atoms with Gasteiger partial charge in [-0.2, -0.15) is 5.10 Å². The lowest BCUT2D eigenvalue weighted by Gasteiger charge is -2.35. The standard InChI is InChI=1S/C26H28N4O3/c1-18-9-11-20(12-10-18)33-17-25(31)29-14-5-4-8-24(29)21-16-22(28-27-21)26(32)30-15-13-19-6-2-3-7-23(19)30/h2-3,6-7,9-12,16,24H,4-5,8,13-15,17H2,1H3,(H,27,28). The lowest BCUT2D eigenvalue weighted by atomic mass is 9.99. The molecule has 0 bridgehead atoms. The van der Waals surface area contributed by atoms with Crippen LogP contribution in [-0.4, -0.2) is 46.6 Å². The maximum absolute atomic E-state index is 13.1. The minimum Gasteiger partial charge on any atom is -0.484 e. The first kappa shape index (κ1) is 21.2. The van der Waals surface area contributed by atoms with Crippen LogP contribution < -0.4 is 9.64 Å². The maximum Gasteiger partial charge on any atom is 0.278 e. The van der Waals surface area contributed by atoms with Crippen LogP contribution in [0.5, 0.6) is 5.75 Å². The number of carbonyl (C=O) groups is 2. The van der Waals surface area contributed by atoms with E-state index in [1.54, 1.807) is 11.0 Å². The number of ether oxygens (including phenoxy) is 1. The lowest BCUT2D eigenvalue weighted by molar-refractivity contribution is -0.137. The lowest BCUT2D eigenvalue weighted by Crippen LogP contribution is -2.41. The number of benzene rings is 2. The number of aromatic amines is 1. The van der Waals surface area contributed by atoms with Crippen molar-refractivity contribution in [3.63, 3.8) is 0 Å². The fourth-order valence-corrected chi connectivity index (χ4v) is 4.72. The minimum atomic E-state index is -0.132. The van der Waals surface area contributed by atoms with Crippen molar-refractivity contribution in [1.29, 1.82) is 0 Å². The van der Waals surface area contributed by atoms with Crippen LogP contribution in [-0.2, 0) is 11.2 Å². The van der Waals surface area contributed by atoms with E-state index in [9.17, 15) is 9.59 Å². The highest BCUT2D eigenvalue weighted by molar-refractivity contribution is 6.06. The third-order valence-corrected chi connectivity index (χ3v) is 6.51. The first-order valence-corrected chi connectivity index (χ1v) is 11.5. The Bertz CT molecular complexity index is 1150. The summed E-state index contributed by atoms with van der Waals surface area (Å²) in [6.07, 6.45) is 3.66. The molecule has 7 nitrogen and oxygen atoms in total. The average molecular weight is 445 g/mol. The molecule has 33 heavy (non-hydrogen) atoms. The van der Waals surface area contributed by atoms with Gasteiger partial charge >= 0.3 is 0 Å². The zero-order valence-electron chi connectivity index (χ0n) is 18.8. The summed E-state index contributed by atoms with van der Waals surface area (Å²) in [5, 5.41) is 7.36. The number of piperidine rings is 1. The Morgan fingerprint density at radius 1 is 1.09 bits per heavy atom. The predicted octanol–water partition coefficient (Wildman–Crippen LogP) is 4.05. The van der Waals surface area contributed by atoms with Crippen LogP contribution in [0.4, 0.5) is 5.69 Å². The summed E-state index contributed by atoms with van der Waals surface area (Å²) >= 11 is 0. The van der Waals surface area contributed by atoms with Gasteiger partial charge in [-0.1, -0.05) is 35.9 Å². The Hall–Kier alpha value is -3.61. The number of rotatable bonds is 5. The Labute approximate surface area is 193 Å². The Balaban J connectivity index is 1.28. The monoisotopic (exact) mass is 444 g/mol. The van der Waals surface area contributed by atoms with E-state index in [1.165, 1.54) is 5.56 Å². The summed E-state index contributed by atoms with van der Waals surface area (Å²) < 4.78 is 5.73. The molecule has 0 spiro atoms. The van der Waals surface area contributed by atoms with E-state index < -0.39 is 0 Å². The molecule has 1 fully saturated rings. The maximum atomic E-state index is 13.1. The summed E-state index contributed by atoms with van der Waals surface area (Å²) in [7, 11) is 0. The van der Waals surface area contributed by atoms with Crippen molar-refractivity contribution in [2.24, 2.45) is 0 Å². The van der Waals surface area contributed by atoms with E-state index >= 15 is 0 Å². The van der Waals surface area contributed by atoms with Crippen molar-refractivity contribution in [1.82, 2.24) is 15.1 Å².